The van der Waals surface area contributed by atoms with E-state index in [1.165, 1.54) is 0 Å². The Labute approximate surface area is 113 Å². The number of rotatable bonds is 2. The Morgan fingerprint density at radius 3 is 2.74 bits per heavy atom. The summed E-state index contributed by atoms with van der Waals surface area (Å²) >= 11 is 0. The number of anilines is 1. The van der Waals surface area contributed by atoms with E-state index < -0.39 is 0 Å². The number of aryl methyl sites for hydroxylation is 1. The lowest BCUT2D eigenvalue weighted by Crippen LogP contribution is -2.56. The molecule has 1 fully saturated rings. The van der Waals surface area contributed by atoms with Gasteiger partial charge in [0.15, 0.2) is 0 Å². The van der Waals surface area contributed by atoms with Crippen molar-refractivity contribution in [3.05, 3.63) is 36.0 Å². The number of aliphatic hydroxyl groups is 1. The monoisotopic (exact) mass is 256 g/mol. The number of nitrogens with one attached hydrogen (secondary N) is 1. The molecule has 0 spiro atoms. The minimum atomic E-state index is -0.209. The topological polar surface area (TPSA) is 45.1 Å². The van der Waals surface area contributed by atoms with E-state index in [9.17, 15) is 5.11 Å². The van der Waals surface area contributed by atoms with Gasteiger partial charge in [-0.15, -0.1) is 0 Å². The van der Waals surface area contributed by atoms with Crippen LogP contribution >= 0.6 is 0 Å². The number of para-hydroxylation sites is 1. The highest BCUT2D eigenvalue weighted by molar-refractivity contribution is 5.91. The number of pyridine rings is 1. The van der Waals surface area contributed by atoms with Crippen molar-refractivity contribution < 1.29 is 5.11 Å². The first-order valence-electron chi connectivity index (χ1n) is 6.79. The van der Waals surface area contributed by atoms with Gasteiger partial charge in [0.1, 0.15) is 0 Å². The van der Waals surface area contributed by atoms with E-state index in [4.69, 9.17) is 0 Å². The maximum atomic E-state index is 9.84. The first-order valence-corrected chi connectivity index (χ1v) is 6.79. The van der Waals surface area contributed by atoms with E-state index in [1.54, 1.807) is 0 Å². The van der Waals surface area contributed by atoms with Crippen molar-refractivity contribution in [2.45, 2.75) is 39.3 Å². The van der Waals surface area contributed by atoms with Gasteiger partial charge < -0.3 is 10.4 Å². The molecule has 0 amide bonds. The number of fused-ring (bicyclic) bond motifs is 1. The third-order valence-electron chi connectivity index (χ3n) is 4.39. The quantitative estimate of drug-likeness (QED) is 0.867. The third-order valence-corrected chi connectivity index (χ3v) is 4.39. The fraction of sp³-hybridized carbons (Fsp3) is 0.438. The fourth-order valence-electron chi connectivity index (χ4n) is 2.76. The van der Waals surface area contributed by atoms with Gasteiger partial charge >= 0.3 is 0 Å². The van der Waals surface area contributed by atoms with Gasteiger partial charge in [-0.25, -0.2) is 0 Å². The van der Waals surface area contributed by atoms with Crippen LogP contribution in [0, 0.1) is 12.3 Å². The molecule has 0 saturated heterocycles. The predicted octanol–water partition coefficient (Wildman–Crippen LogP) is 3.11. The van der Waals surface area contributed by atoms with Crippen LogP contribution in [0.2, 0.25) is 0 Å². The highest BCUT2D eigenvalue weighted by atomic mass is 16.3. The number of aromatic nitrogens is 1. The van der Waals surface area contributed by atoms with Crippen molar-refractivity contribution in [1.29, 1.82) is 0 Å². The zero-order chi connectivity index (χ0) is 13.6. The van der Waals surface area contributed by atoms with Crippen LogP contribution in [0.25, 0.3) is 10.9 Å². The van der Waals surface area contributed by atoms with Crippen molar-refractivity contribution in [3.63, 3.8) is 0 Å². The molecule has 3 heteroatoms. The van der Waals surface area contributed by atoms with Crippen molar-refractivity contribution in [3.8, 4) is 0 Å². The lowest BCUT2D eigenvalue weighted by atomic mass is 9.64. The van der Waals surface area contributed by atoms with E-state index in [-0.39, 0.29) is 11.5 Å². The van der Waals surface area contributed by atoms with E-state index in [2.05, 4.69) is 36.3 Å². The van der Waals surface area contributed by atoms with E-state index in [0.29, 0.717) is 6.04 Å². The van der Waals surface area contributed by atoms with E-state index >= 15 is 0 Å². The van der Waals surface area contributed by atoms with Gasteiger partial charge in [0.05, 0.1) is 11.6 Å². The van der Waals surface area contributed by atoms with Gasteiger partial charge in [-0.3, -0.25) is 4.98 Å². The van der Waals surface area contributed by atoms with Gasteiger partial charge in [0, 0.05) is 28.2 Å². The van der Waals surface area contributed by atoms with Gasteiger partial charge in [0.2, 0.25) is 0 Å². The molecule has 19 heavy (non-hydrogen) atoms. The lowest BCUT2D eigenvalue weighted by molar-refractivity contribution is -0.0510. The van der Waals surface area contributed by atoms with Crippen LogP contribution in [0.15, 0.2) is 30.3 Å². The average Bonchev–Trinajstić information content (AvgIpc) is 2.38. The molecular formula is C16H20N2O. The van der Waals surface area contributed by atoms with Crippen LogP contribution < -0.4 is 5.32 Å². The van der Waals surface area contributed by atoms with Crippen LogP contribution in [-0.2, 0) is 0 Å². The molecule has 2 aromatic rings. The largest absolute Gasteiger partial charge is 0.392 e. The van der Waals surface area contributed by atoms with Gasteiger partial charge in [-0.1, -0.05) is 32.0 Å². The molecule has 0 aliphatic heterocycles. The van der Waals surface area contributed by atoms with Crippen molar-refractivity contribution >= 4 is 16.6 Å². The standard InChI is InChI=1S/C16H20N2O/c1-10-8-13(11-6-4-5-7-12(11)17-10)18-14-9-15(19)16(14,2)3/h4-8,14-15,19H,9H2,1-3H3,(H,17,18). The molecule has 2 atom stereocenters. The molecule has 1 heterocycles. The first-order chi connectivity index (χ1) is 8.98. The summed E-state index contributed by atoms with van der Waals surface area (Å²) in [5.41, 5.74) is 3.08. The smallest absolute Gasteiger partial charge is 0.0725 e. The Morgan fingerprint density at radius 1 is 1.32 bits per heavy atom. The van der Waals surface area contributed by atoms with Crippen molar-refractivity contribution in [1.82, 2.24) is 4.98 Å². The SMILES string of the molecule is Cc1cc(NC2CC(O)C2(C)C)c2ccccc2n1. The Bertz CT molecular complexity index is 621. The number of hydrogen-bond acceptors (Lipinski definition) is 3. The summed E-state index contributed by atoms with van der Waals surface area (Å²) in [5.74, 6) is 0. The van der Waals surface area contributed by atoms with E-state index in [1.807, 2.05) is 25.1 Å². The molecule has 2 unspecified atom stereocenters. The lowest BCUT2D eigenvalue weighted by Gasteiger charge is -2.50. The molecule has 1 aromatic carbocycles. The van der Waals surface area contributed by atoms with Gasteiger partial charge in [-0.05, 0) is 25.5 Å². The maximum Gasteiger partial charge on any atom is 0.0725 e. The fourth-order valence-corrected chi connectivity index (χ4v) is 2.76. The maximum absolute atomic E-state index is 9.84. The van der Waals surface area contributed by atoms with Crippen LogP contribution in [0.3, 0.4) is 0 Å². The Balaban J connectivity index is 1.97. The number of aliphatic hydroxyl groups excluding tert-OH is 1. The Morgan fingerprint density at radius 2 is 2.05 bits per heavy atom. The first kappa shape index (κ1) is 12.4. The number of nitrogens with zero attached hydrogens (tertiary/aromatic N) is 1. The number of benzene rings is 1. The highest BCUT2D eigenvalue weighted by Crippen LogP contribution is 2.42. The molecule has 3 rings (SSSR count). The third kappa shape index (κ3) is 1.98. The Hall–Kier alpha value is -1.61. The second-order valence-electron chi connectivity index (χ2n) is 6.10. The van der Waals surface area contributed by atoms with E-state index in [0.717, 1.165) is 28.7 Å². The summed E-state index contributed by atoms with van der Waals surface area (Å²) in [6.45, 7) is 6.22. The number of hydrogen-bond donors (Lipinski definition) is 2. The molecule has 1 aromatic heterocycles. The summed E-state index contributed by atoms with van der Waals surface area (Å²) in [6, 6.07) is 10.6. The zero-order valence-corrected chi connectivity index (χ0v) is 11.6. The molecule has 100 valence electrons. The normalized spacial score (nSPS) is 25.1. The Kier molecular flexibility index (Phi) is 2.75. The molecular weight excluding hydrogens is 236 g/mol. The summed E-state index contributed by atoms with van der Waals surface area (Å²) in [4.78, 5) is 4.55. The summed E-state index contributed by atoms with van der Waals surface area (Å²) in [5, 5.41) is 14.6. The van der Waals surface area contributed by atoms with Crippen molar-refractivity contribution in [2.75, 3.05) is 5.32 Å². The van der Waals surface area contributed by atoms with Gasteiger partial charge in [0.25, 0.3) is 0 Å². The molecule has 0 radical (unpaired) electrons. The second-order valence-corrected chi connectivity index (χ2v) is 6.10. The molecule has 2 N–H and O–H groups in total. The second kappa shape index (κ2) is 4.20. The highest BCUT2D eigenvalue weighted by Gasteiger charge is 2.47. The van der Waals surface area contributed by atoms with Crippen molar-refractivity contribution in [2.24, 2.45) is 5.41 Å². The average molecular weight is 256 g/mol. The summed E-state index contributed by atoms with van der Waals surface area (Å²) in [6.07, 6.45) is 0.599. The predicted molar refractivity (Wildman–Crippen MR) is 78.3 cm³/mol. The summed E-state index contributed by atoms with van der Waals surface area (Å²) in [7, 11) is 0. The molecule has 3 nitrogen and oxygen atoms in total. The van der Waals surface area contributed by atoms with Crippen LogP contribution in [-0.4, -0.2) is 22.2 Å². The molecule has 1 aliphatic carbocycles. The zero-order valence-electron chi connectivity index (χ0n) is 11.6. The minimum Gasteiger partial charge on any atom is -0.392 e. The van der Waals surface area contributed by atoms with Gasteiger partial charge in [-0.2, -0.15) is 0 Å². The minimum absolute atomic E-state index is 0.0712. The molecule has 0 bridgehead atoms. The van der Waals surface area contributed by atoms with Crippen LogP contribution in [0.5, 0.6) is 0 Å². The molecule has 1 saturated carbocycles. The molecule has 1 aliphatic rings. The van der Waals surface area contributed by atoms with Crippen LogP contribution in [0.4, 0.5) is 5.69 Å². The summed E-state index contributed by atoms with van der Waals surface area (Å²) < 4.78 is 0. The van der Waals surface area contributed by atoms with Crippen LogP contribution in [0.1, 0.15) is 26.0 Å².